The normalized spacial score (nSPS) is 10.1. The van der Waals surface area contributed by atoms with Crippen molar-refractivity contribution in [3.8, 4) is 5.88 Å². The van der Waals surface area contributed by atoms with E-state index in [0.29, 0.717) is 18.4 Å². The molecule has 0 spiro atoms. The molecule has 0 aliphatic heterocycles. The van der Waals surface area contributed by atoms with E-state index < -0.39 is 0 Å². The maximum absolute atomic E-state index is 5.31. The van der Waals surface area contributed by atoms with Crippen LogP contribution in [0.3, 0.4) is 0 Å². The molecule has 0 aliphatic rings. The molecule has 18 heavy (non-hydrogen) atoms. The van der Waals surface area contributed by atoms with Crippen LogP contribution in [0.2, 0.25) is 0 Å². The number of pyridine rings is 1. The molecule has 0 bridgehead atoms. The molecule has 0 aromatic carbocycles. The number of ether oxygens (including phenoxy) is 1. The third-order valence-electron chi connectivity index (χ3n) is 2.31. The van der Waals surface area contributed by atoms with Gasteiger partial charge in [0.2, 0.25) is 11.8 Å². The molecule has 0 aliphatic carbocycles. The second-order valence-electron chi connectivity index (χ2n) is 3.65. The first-order chi connectivity index (χ1) is 8.88. The van der Waals surface area contributed by atoms with E-state index in [0.717, 1.165) is 18.7 Å². The molecule has 2 heterocycles. The van der Waals surface area contributed by atoms with E-state index in [4.69, 9.17) is 4.74 Å². The van der Waals surface area contributed by atoms with Gasteiger partial charge in [-0.3, -0.25) is 4.98 Å². The van der Waals surface area contributed by atoms with E-state index in [-0.39, 0.29) is 0 Å². The number of rotatable bonds is 6. The van der Waals surface area contributed by atoms with E-state index >= 15 is 0 Å². The Hall–Kier alpha value is -2.17. The van der Waals surface area contributed by atoms with Crippen LogP contribution in [0.25, 0.3) is 0 Å². The van der Waals surface area contributed by atoms with Gasteiger partial charge in [-0.15, -0.1) is 0 Å². The molecule has 2 rings (SSSR count). The number of anilines is 1. The molecule has 0 amide bonds. The van der Waals surface area contributed by atoms with Crippen molar-refractivity contribution in [3.63, 3.8) is 0 Å². The van der Waals surface area contributed by atoms with E-state index in [2.05, 4.69) is 20.3 Å². The maximum atomic E-state index is 5.31. The zero-order chi connectivity index (χ0) is 12.6. The minimum atomic E-state index is 0.580. The zero-order valence-corrected chi connectivity index (χ0v) is 10.3. The Morgan fingerprint density at radius 2 is 2.11 bits per heavy atom. The molecule has 2 aromatic rings. The summed E-state index contributed by atoms with van der Waals surface area (Å²) in [5.41, 5.74) is 1.05. The zero-order valence-electron chi connectivity index (χ0n) is 10.3. The van der Waals surface area contributed by atoms with Crippen LogP contribution in [-0.4, -0.2) is 28.1 Å². The molecule has 2 aromatic heterocycles. The van der Waals surface area contributed by atoms with Crippen molar-refractivity contribution in [1.82, 2.24) is 15.0 Å². The topological polar surface area (TPSA) is 59.9 Å². The number of hydrogen-bond acceptors (Lipinski definition) is 5. The van der Waals surface area contributed by atoms with Crippen molar-refractivity contribution in [2.45, 2.75) is 13.3 Å². The molecule has 5 heteroatoms. The van der Waals surface area contributed by atoms with Gasteiger partial charge in [-0.1, -0.05) is 6.07 Å². The Morgan fingerprint density at radius 3 is 2.89 bits per heavy atom. The van der Waals surface area contributed by atoms with Crippen LogP contribution in [0.15, 0.2) is 36.7 Å². The molecule has 1 N–H and O–H groups in total. The fourth-order valence-corrected chi connectivity index (χ4v) is 1.50. The van der Waals surface area contributed by atoms with Crippen LogP contribution in [-0.2, 0) is 6.42 Å². The second-order valence-corrected chi connectivity index (χ2v) is 3.65. The Kier molecular flexibility index (Phi) is 4.46. The van der Waals surface area contributed by atoms with Crippen LogP contribution in [0.1, 0.15) is 12.6 Å². The highest BCUT2D eigenvalue weighted by Crippen LogP contribution is 2.08. The minimum Gasteiger partial charge on any atom is -0.478 e. The number of nitrogens with one attached hydrogen (secondary N) is 1. The van der Waals surface area contributed by atoms with Crippen molar-refractivity contribution in [2.24, 2.45) is 0 Å². The summed E-state index contributed by atoms with van der Waals surface area (Å²) in [5.74, 6) is 1.17. The van der Waals surface area contributed by atoms with Gasteiger partial charge in [0, 0.05) is 37.1 Å². The Bertz CT molecular complexity index is 475. The summed E-state index contributed by atoms with van der Waals surface area (Å²) in [6.07, 6.45) is 4.31. The van der Waals surface area contributed by atoms with Crippen molar-refractivity contribution in [1.29, 1.82) is 0 Å². The lowest BCUT2D eigenvalue weighted by atomic mass is 10.3. The summed E-state index contributed by atoms with van der Waals surface area (Å²) in [4.78, 5) is 12.6. The fraction of sp³-hybridized carbons (Fsp3) is 0.308. The summed E-state index contributed by atoms with van der Waals surface area (Å²) in [6.45, 7) is 3.27. The van der Waals surface area contributed by atoms with Crippen molar-refractivity contribution in [3.05, 3.63) is 42.4 Å². The van der Waals surface area contributed by atoms with Gasteiger partial charge in [0.15, 0.2) is 0 Å². The van der Waals surface area contributed by atoms with Gasteiger partial charge in [-0.2, -0.15) is 4.98 Å². The molecule has 5 nitrogen and oxygen atoms in total. The summed E-state index contributed by atoms with van der Waals surface area (Å²) >= 11 is 0. The third kappa shape index (κ3) is 3.69. The average Bonchev–Trinajstić information content (AvgIpc) is 2.41. The SMILES string of the molecule is CCOc1ccnc(NCCc2ccccn2)n1. The third-order valence-corrected chi connectivity index (χ3v) is 2.31. The smallest absolute Gasteiger partial charge is 0.225 e. The van der Waals surface area contributed by atoms with E-state index in [1.807, 2.05) is 25.1 Å². The van der Waals surface area contributed by atoms with Gasteiger partial charge < -0.3 is 10.1 Å². The summed E-state index contributed by atoms with van der Waals surface area (Å²) in [5, 5.41) is 3.15. The molecular weight excluding hydrogens is 228 g/mol. The lowest BCUT2D eigenvalue weighted by Crippen LogP contribution is -2.09. The molecule has 0 radical (unpaired) electrons. The summed E-state index contributed by atoms with van der Waals surface area (Å²) in [6, 6.07) is 7.63. The quantitative estimate of drug-likeness (QED) is 0.841. The van der Waals surface area contributed by atoms with Gasteiger partial charge in [0.05, 0.1) is 6.61 Å². The molecule has 94 valence electrons. The van der Waals surface area contributed by atoms with Crippen LogP contribution >= 0.6 is 0 Å². The van der Waals surface area contributed by atoms with Crippen LogP contribution < -0.4 is 10.1 Å². The van der Waals surface area contributed by atoms with Gasteiger partial charge in [0.1, 0.15) is 0 Å². The van der Waals surface area contributed by atoms with Crippen molar-refractivity contribution < 1.29 is 4.74 Å². The molecule has 0 saturated heterocycles. The van der Waals surface area contributed by atoms with Crippen LogP contribution in [0.4, 0.5) is 5.95 Å². The Morgan fingerprint density at radius 1 is 1.17 bits per heavy atom. The van der Waals surface area contributed by atoms with Crippen molar-refractivity contribution >= 4 is 5.95 Å². The largest absolute Gasteiger partial charge is 0.478 e. The van der Waals surface area contributed by atoms with E-state index in [9.17, 15) is 0 Å². The fourth-order valence-electron chi connectivity index (χ4n) is 1.50. The first-order valence-electron chi connectivity index (χ1n) is 5.98. The highest BCUT2D eigenvalue weighted by Gasteiger charge is 1.99. The van der Waals surface area contributed by atoms with Crippen LogP contribution in [0, 0.1) is 0 Å². The van der Waals surface area contributed by atoms with Gasteiger partial charge in [0.25, 0.3) is 0 Å². The van der Waals surface area contributed by atoms with E-state index in [1.54, 1.807) is 18.5 Å². The molecule has 0 atom stereocenters. The average molecular weight is 244 g/mol. The molecular formula is C13H16N4O. The Balaban J connectivity index is 1.84. The van der Waals surface area contributed by atoms with Gasteiger partial charge >= 0.3 is 0 Å². The summed E-state index contributed by atoms with van der Waals surface area (Å²) in [7, 11) is 0. The second kappa shape index (κ2) is 6.54. The maximum Gasteiger partial charge on any atom is 0.225 e. The predicted molar refractivity (Wildman–Crippen MR) is 69.6 cm³/mol. The lowest BCUT2D eigenvalue weighted by Gasteiger charge is -2.06. The standard InChI is InChI=1S/C13H16N4O/c1-2-18-12-7-10-16-13(17-12)15-9-6-11-5-3-4-8-14-11/h3-5,7-8,10H,2,6,9H2,1H3,(H,15,16,17). The lowest BCUT2D eigenvalue weighted by molar-refractivity contribution is 0.326. The Labute approximate surface area is 106 Å². The number of nitrogens with zero attached hydrogens (tertiary/aromatic N) is 3. The first-order valence-corrected chi connectivity index (χ1v) is 5.98. The molecule has 0 fully saturated rings. The first kappa shape index (κ1) is 12.3. The monoisotopic (exact) mass is 244 g/mol. The predicted octanol–water partition coefficient (Wildman–Crippen LogP) is 1.92. The van der Waals surface area contributed by atoms with Gasteiger partial charge in [-0.05, 0) is 19.1 Å². The van der Waals surface area contributed by atoms with Crippen LogP contribution in [0.5, 0.6) is 5.88 Å². The number of hydrogen-bond donors (Lipinski definition) is 1. The number of aromatic nitrogens is 3. The molecule has 0 unspecified atom stereocenters. The van der Waals surface area contributed by atoms with E-state index in [1.165, 1.54) is 0 Å². The highest BCUT2D eigenvalue weighted by atomic mass is 16.5. The van der Waals surface area contributed by atoms with Gasteiger partial charge in [-0.25, -0.2) is 4.98 Å². The summed E-state index contributed by atoms with van der Waals surface area (Å²) < 4.78 is 5.31. The minimum absolute atomic E-state index is 0.580. The highest BCUT2D eigenvalue weighted by molar-refractivity contribution is 5.27. The molecule has 0 saturated carbocycles. The van der Waals surface area contributed by atoms with Crippen molar-refractivity contribution in [2.75, 3.05) is 18.5 Å².